The minimum absolute atomic E-state index is 0.133. The van der Waals surface area contributed by atoms with Crippen molar-refractivity contribution in [3.05, 3.63) is 67.3 Å². The van der Waals surface area contributed by atoms with E-state index in [1.54, 1.807) is 18.2 Å². The van der Waals surface area contributed by atoms with E-state index in [1.807, 2.05) is 6.07 Å². The van der Waals surface area contributed by atoms with Crippen LogP contribution in [0.15, 0.2) is 45.3 Å². The summed E-state index contributed by atoms with van der Waals surface area (Å²) < 4.78 is 14.4. The maximum atomic E-state index is 13.4. The Balaban J connectivity index is 2.28. The molecule has 2 rings (SSSR count). The van der Waals surface area contributed by atoms with Crippen molar-refractivity contribution in [1.82, 2.24) is 0 Å². The van der Waals surface area contributed by atoms with E-state index in [0.717, 1.165) is 4.47 Å². The minimum atomic E-state index is -0.451. The van der Waals surface area contributed by atoms with Crippen LogP contribution in [-0.2, 0) is 6.42 Å². The number of ketones is 1. The van der Waals surface area contributed by atoms with E-state index in [0.29, 0.717) is 16.1 Å². The van der Waals surface area contributed by atoms with Crippen molar-refractivity contribution >= 4 is 49.2 Å². The molecule has 0 atom stereocenters. The minimum Gasteiger partial charge on any atom is -0.294 e. The van der Waals surface area contributed by atoms with Crippen molar-refractivity contribution in [3.63, 3.8) is 0 Å². The van der Waals surface area contributed by atoms with Crippen LogP contribution in [0, 0.1) is 5.82 Å². The summed E-state index contributed by atoms with van der Waals surface area (Å²) in [6.45, 7) is 0. The number of carbonyl (C=O) groups excluding carboxylic acids is 1. The Kier molecular flexibility index (Phi) is 4.76. The molecule has 0 spiro atoms. The lowest BCUT2D eigenvalue weighted by molar-refractivity contribution is 0.0991. The van der Waals surface area contributed by atoms with Crippen molar-refractivity contribution in [3.8, 4) is 0 Å². The summed E-state index contributed by atoms with van der Waals surface area (Å²) in [5.41, 5.74) is 1.03. The number of rotatable bonds is 3. The maximum Gasteiger partial charge on any atom is 0.168 e. The van der Waals surface area contributed by atoms with Crippen molar-refractivity contribution in [1.29, 1.82) is 0 Å². The Morgan fingerprint density at radius 1 is 1.21 bits per heavy atom. The fraction of sp³-hybridized carbons (Fsp3) is 0.0714. The number of hydrogen-bond acceptors (Lipinski definition) is 1. The van der Waals surface area contributed by atoms with Gasteiger partial charge < -0.3 is 0 Å². The molecule has 0 radical (unpaired) electrons. The van der Waals surface area contributed by atoms with E-state index in [9.17, 15) is 9.18 Å². The van der Waals surface area contributed by atoms with Crippen LogP contribution < -0.4 is 0 Å². The highest BCUT2D eigenvalue weighted by atomic mass is 79.9. The van der Waals surface area contributed by atoms with Crippen LogP contribution in [0.3, 0.4) is 0 Å². The van der Waals surface area contributed by atoms with Crippen LogP contribution in [0.5, 0.6) is 0 Å². The number of benzene rings is 2. The molecule has 0 saturated heterocycles. The first-order valence-electron chi connectivity index (χ1n) is 5.40. The second-order valence-corrected chi connectivity index (χ2v) is 6.05. The Morgan fingerprint density at radius 2 is 1.95 bits per heavy atom. The zero-order valence-electron chi connectivity index (χ0n) is 9.59. The summed E-state index contributed by atoms with van der Waals surface area (Å²) in [5.74, 6) is -0.636. The predicted octanol–water partition coefficient (Wildman–Crippen LogP) is 5.43. The van der Waals surface area contributed by atoms with E-state index in [2.05, 4.69) is 31.9 Å². The van der Waals surface area contributed by atoms with Gasteiger partial charge in [-0.2, -0.15) is 0 Å². The third kappa shape index (κ3) is 3.44. The molecular formula is C14H8Br2ClFO. The third-order valence-corrected chi connectivity index (χ3v) is 4.27. The first-order valence-corrected chi connectivity index (χ1v) is 7.36. The topological polar surface area (TPSA) is 17.1 Å². The van der Waals surface area contributed by atoms with Gasteiger partial charge in [0.1, 0.15) is 5.82 Å². The molecule has 19 heavy (non-hydrogen) atoms. The quantitative estimate of drug-likeness (QED) is 0.621. The Bertz CT molecular complexity index is 643. The fourth-order valence-corrected chi connectivity index (χ4v) is 2.88. The van der Waals surface area contributed by atoms with Gasteiger partial charge >= 0.3 is 0 Å². The molecule has 2 aromatic carbocycles. The Hall–Kier alpha value is -0.710. The number of halogens is 4. The molecule has 0 aliphatic heterocycles. The van der Waals surface area contributed by atoms with Crippen LogP contribution in [0.1, 0.15) is 15.9 Å². The Morgan fingerprint density at radius 3 is 2.63 bits per heavy atom. The van der Waals surface area contributed by atoms with Gasteiger partial charge in [0, 0.05) is 21.5 Å². The van der Waals surface area contributed by atoms with E-state index >= 15 is 0 Å². The van der Waals surface area contributed by atoms with Gasteiger partial charge in [-0.3, -0.25) is 4.79 Å². The summed E-state index contributed by atoms with van der Waals surface area (Å²) in [5, 5.41) is 0.509. The smallest absolute Gasteiger partial charge is 0.168 e. The normalized spacial score (nSPS) is 10.5. The molecule has 0 aliphatic rings. The highest BCUT2D eigenvalue weighted by molar-refractivity contribution is 9.10. The third-order valence-electron chi connectivity index (χ3n) is 2.62. The van der Waals surface area contributed by atoms with E-state index in [4.69, 9.17) is 11.6 Å². The van der Waals surface area contributed by atoms with Gasteiger partial charge in [0.25, 0.3) is 0 Å². The summed E-state index contributed by atoms with van der Waals surface area (Å²) in [6.07, 6.45) is 0.133. The lowest BCUT2D eigenvalue weighted by Gasteiger charge is -2.06. The molecule has 0 N–H and O–H groups in total. The molecule has 0 unspecified atom stereocenters. The van der Waals surface area contributed by atoms with Crippen LogP contribution >= 0.6 is 43.5 Å². The highest BCUT2D eigenvalue weighted by Gasteiger charge is 2.15. The number of hydrogen-bond donors (Lipinski definition) is 0. The molecular weight excluding hydrogens is 398 g/mol. The van der Waals surface area contributed by atoms with Crippen molar-refractivity contribution in [2.24, 2.45) is 0 Å². The lowest BCUT2D eigenvalue weighted by atomic mass is 10.0. The molecule has 0 aromatic heterocycles. The molecule has 5 heteroatoms. The van der Waals surface area contributed by atoms with Crippen LogP contribution in [0.25, 0.3) is 0 Å². The molecule has 98 valence electrons. The zero-order chi connectivity index (χ0) is 14.0. The van der Waals surface area contributed by atoms with Crippen molar-refractivity contribution in [2.75, 3.05) is 0 Å². The SMILES string of the molecule is O=C(Cc1ccc(Br)cc1Cl)c1cccc(F)c1Br. The maximum absolute atomic E-state index is 13.4. The molecule has 0 aliphatic carbocycles. The second kappa shape index (κ2) is 6.16. The average Bonchev–Trinajstić information content (AvgIpc) is 2.36. The van der Waals surface area contributed by atoms with Gasteiger partial charge in [0.05, 0.1) is 4.47 Å². The molecule has 2 aromatic rings. The van der Waals surface area contributed by atoms with E-state index < -0.39 is 5.82 Å². The average molecular weight is 406 g/mol. The predicted molar refractivity (Wildman–Crippen MR) is 81.3 cm³/mol. The molecule has 0 fully saturated rings. The van der Waals surface area contributed by atoms with Gasteiger partial charge in [0.2, 0.25) is 0 Å². The zero-order valence-corrected chi connectivity index (χ0v) is 13.5. The van der Waals surface area contributed by atoms with Gasteiger partial charge in [-0.15, -0.1) is 0 Å². The van der Waals surface area contributed by atoms with Gasteiger partial charge in [0.15, 0.2) is 5.78 Å². The van der Waals surface area contributed by atoms with Gasteiger partial charge in [-0.05, 0) is 39.7 Å². The fourth-order valence-electron chi connectivity index (χ4n) is 1.65. The van der Waals surface area contributed by atoms with Crippen LogP contribution in [0.4, 0.5) is 4.39 Å². The first-order chi connectivity index (χ1) is 8.99. The molecule has 1 nitrogen and oxygen atoms in total. The standard InChI is InChI=1S/C14H8Br2ClFO/c15-9-5-4-8(11(17)7-9)6-13(19)10-2-1-3-12(18)14(10)16/h1-5,7H,6H2. The monoisotopic (exact) mass is 404 g/mol. The molecule has 0 amide bonds. The van der Waals surface area contributed by atoms with E-state index in [1.165, 1.54) is 12.1 Å². The number of carbonyl (C=O) groups is 1. The van der Waals surface area contributed by atoms with Crippen LogP contribution in [-0.4, -0.2) is 5.78 Å². The van der Waals surface area contributed by atoms with Crippen molar-refractivity contribution < 1.29 is 9.18 Å². The van der Waals surface area contributed by atoms with Crippen LogP contribution in [0.2, 0.25) is 5.02 Å². The first kappa shape index (κ1) is 14.7. The lowest BCUT2D eigenvalue weighted by Crippen LogP contribution is -2.05. The van der Waals surface area contributed by atoms with E-state index in [-0.39, 0.29) is 16.7 Å². The van der Waals surface area contributed by atoms with Gasteiger partial charge in [-0.25, -0.2) is 4.39 Å². The second-order valence-electron chi connectivity index (χ2n) is 3.94. The van der Waals surface area contributed by atoms with Crippen molar-refractivity contribution in [2.45, 2.75) is 6.42 Å². The summed E-state index contributed by atoms with van der Waals surface area (Å²) in [4.78, 5) is 12.2. The summed E-state index contributed by atoms with van der Waals surface area (Å²) >= 11 is 12.5. The Labute approximate surface area is 132 Å². The molecule has 0 bridgehead atoms. The highest BCUT2D eigenvalue weighted by Crippen LogP contribution is 2.25. The number of Topliss-reactive ketones (excluding diaryl/α,β-unsaturated/α-hetero) is 1. The van der Waals surface area contributed by atoms with Gasteiger partial charge in [-0.1, -0.05) is 45.7 Å². The summed E-state index contributed by atoms with van der Waals surface area (Å²) in [7, 11) is 0. The summed E-state index contributed by atoms with van der Waals surface area (Å²) in [6, 6.07) is 9.71. The largest absolute Gasteiger partial charge is 0.294 e. The molecule has 0 saturated carbocycles. The molecule has 0 heterocycles.